The van der Waals surface area contributed by atoms with Gasteiger partial charge < -0.3 is 10.6 Å². The van der Waals surface area contributed by atoms with E-state index in [0.717, 1.165) is 50.1 Å². The minimum Gasteiger partial charge on any atom is -0.355 e. The summed E-state index contributed by atoms with van der Waals surface area (Å²) in [4.78, 5) is 13.1. The van der Waals surface area contributed by atoms with E-state index in [2.05, 4.69) is 10.6 Å². The third kappa shape index (κ3) is 5.42. The SMILES string of the molecule is Cl.O=C(NCCc1ccc(S(=O)(=O)N2CCCCC2)s1)C1CCNCC1. The predicted octanol–water partition coefficient (Wildman–Crippen LogP) is 2.00. The molecular formula is C17H28ClN3O3S2. The average molecular weight is 422 g/mol. The predicted molar refractivity (Wildman–Crippen MR) is 106 cm³/mol. The molecule has 2 aliphatic rings. The van der Waals surface area contributed by atoms with Crippen LogP contribution in [0.1, 0.15) is 37.0 Å². The molecule has 26 heavy (non-hydrogen) atoms. The smallest absolute Gasteiger partial charge is 0.252 e. The van der Waals surface area contributed by atoms with Gasteiger partial charge in [0.15, 0.2) is 0 Å². The van der Waals surface area contributed by atoms with Gasteiger partial charge in [0, 0.05) is 30.4 Å². The molecule has 148 valence electrons. The van der Waals surface area contributed by atoms with Crippen LogP contribution in [0.25, 0.3) is 0 Å². The Morgan fingerprint density at radius 1 is 1.19 bits per heavy atom. The van der Waals surface area contributed by atoms with Gasteiger partial charge in [0.1, 0.15) is 4.21 Å². The zero-order valence-electron chi connectivity index (χ0n) is 14.9. The summed E-state index contributed by atoms with van der Waals surface area (Å²) in [6, 6.07) is 3.58. The maximum Gasteiger partial charge on any atom is 0.252 e. The summed E-state index contributed by atoms with van der Waals surface area (Å²) in [6.45, 7) is 3.62. The van der Waals surface area contributed by atoms with E-state index in [4.69, 9.17) is 0 Å². The maximum atomic E-state index is 12.6. The number of nitrogens with one attached hydrogen (secondary N) is 2. The van der Waals surface area contributed by atoms with Crippen molar-refractivity contribution in [2.24, 2.45) is 5.92 Å². The second-order valence-corrected chi connectivity index (χ2v) is 10.1. The fourth-order valence-electron chi connectivity index (χ4n) is 3.40. The third-order valence-corrected chi connectivity index (χ3v) is 8.44. The minimum atomic E-state index is -3.34. The summed E-state index contributed by atoms with van der Waals surface area (Å²) in [7, 11) is -3.34. The van der Waals surface area contributed by atoms with Crippen LogP contribution >= 0.6 is 23.7 Å². The van der Waals surface area contributed by atoms with E-state index >= 15 is 0 Å². The van der Waals surface area contributed by atoms with Crippen LogP contribution in [-0.4, -0.2) is 51.4 Å². The standard InChI is InChI=1S/C17H27N3O3S2.ClH/c21-17(14-6-9-18-10-7-14)19-11-8-15-4-5-16(24-15)25(22,23)20-12-2-1-3-13-20;/h4-5,14,18H,1-3,6-13H2,(H,19,21);1H. The van der Waals surface area contributed by atoms with Crippen LogP contribution in [0.15, 0.2) is 16.3 Å². The lowest BCUT2D eigenvalue weighted by molar-refractivity contribution is -0.125. The number of rotatable bonds is 6. The van der Waals surface area contributed by atoms with Gasteiger partial charge in [0.05, 0.1) is 0 Å². The van der Waals surface area contributed by atoms with E-state index in [0.29, 0.717) is 30.3 Å². The lowest BCUT2D eigenvalue weighted by Gasteiger charge is -2.25. The number of piperidine rings is 2. The summed E-state index contributed by atoms with van der Waals surface area (Å²) >= 11 is 1.33. The molecule has 1 amide bonds. The Labute approximate surface area is 166 Å². The molecule has 2 aliphatic heterocycles. The number of hydrogen-bond acceptors (Lipinski definition) is 5. The number of halogens is 1. The number of thiophene rings is 1. The van der Waals surface area contributed by atoms with Gasteiger partial charge in [-0.2, -0.15) is 4.31 Å². The fraction of sp³-hybridized carbons (Fsp3) is 0.706. The molecule has 3 rings (SSSR count). The van der Waals surface area contributed by atoms with Crippen molar-refractivity contribution in [1.29, 1.82) is 0 Å². The van der Waals surface area contributed by atoms with E-state index in [-0.39, 0.29) is 24.2 Å². The zero-order valence-corrected chi connectivity index (χ0v) is 17.4. The van der Waals surface area contributed by atoms with E-state index in [1.807, 2.05) is 6.07 Å². The van der Waals surface area contributed by atoms with Gasteiger partial charge in [0.2, 0.25) is 5.91 Å². The summed E-state index contributed by atoms with van der Waals surface area (Å²) in [5, 5.41) is 6.25. The maximum absolute atomic E-state index is 12.6. The van der Waals surface area contributed by atoms with Crippen LogP contribution in [-0.2, 0) is 21.2 Å². The van der Waals surface area contributed by atoms with Crippen LogP contribution in [0.2, 0.25) is 0 Å². The van der Waals surface area contributed by atoms with Gasteiger partial charge in [-0.05, 0) is 57.3 Å². The van der Waals surface area contributed by atoms with Crippen molar-refractivity contribution in [3.05, 3.63) is 17.0 Å². The molecule has 2 fully saturated rings. The Morgan fingerprint density at radius 3 is 2.58 bits per heavy atom. The molecule has 0 aliphatic carbocycles. The van der Waals surface area contributed by atoms with Crippen LogP contribution in [0.4, 0.5) is 0 Å². The van der Waals surface area contributed by atoms with Gasteiger partial charge in [-0.25, -0.2) is 8.42 Å². The topological polar surface area (TPSA) is 78.5 Å². The first-order chi connectivity index (χ1) is 12.1. The van der Waals surface area contributed by atoms with Crippen LogP contribution < -0.4 is 10.6 Å². The van der Waals surface area contributed by atoms with E-state index in [9.17, 15) is 13.2 Å². The number of carbonyl (C=O) groups excluding carboxylic acids is 1. The van der Waals surface area contributed by atoms with Crippen molar-refractivity contribution in [2.45, 2.75) is 42.7 Å². The molecule has 1 aromatic rings. The molecule has 0 bridgehead atoms. The van der Waals surface area contributed by atoms with E-state index < -0.39 is 10.0 Å². The Hall–Kier alpha value is -0.670. The van der Waals surface area contributed by atoms with Crippen molar-refractivity contribution in [1.82, 2.24) is 14.9 Å². The van der Waals surface area contributed by atoms with E-state index in [1.54, 1.807) is 10.4 Å². The Kier molecular flexibility index (Phi) is 8.35. The van der Waals surface area contributed by atoms with Gasteiger partial charge in [-0.3, -0.25) is 4.79 Å². The molecule has 0 unspecified atom stereocenters. The Bertz CT molecular complexity index is 681. The largest absolute Gasteiger partial charge is 0.355 e. The quantitative estimate of drug-likeness (QED) is 0.736. The minimum absolute atomic E-state index is 0. The molecule has 2 saturated heterocycles. The number of nitrogens with zero attached hydrogens (tertiary/aromatic N) is 1. The van der Waals surface area contributed by atoms with Crippen LogP contribution in [0, 0.1) is 5.92 Å². The molecule has 0 atom stereocenters. The van der Waals surface area contributed by atoms with Crippen LogP contribution in [0.5, 0.6) is 0 Å². The highest BCUT2D eigenvalue weighted by atomic mass is 35.5. The molecular weight excluding hydrogens is 394 g/mol. The third-order valence-electron chi connectivity index (χ3n) is 4.93. The summed E-state index contributed by atoms with van der Waals surface area (Å²) in [5.74, 6) is 0.235. The van der Waals surface area contributed by atoms with Gasteiger partial charge >= 0.3 is 0 Å². The first-order valence-electron chi connectivity index (χ1n) is 9.14. The number of hydrogen-bond donors (Lipinski definition) is 2. The monoisotopic (exact) mass is 421 g/mol. The fourth-order valence-corrected chi connectivity index (χ4v) is 6.43. The lowest BCUT2D eigenvalue weighted by atomic mass is 9.97. The molecule has 2 N–H and O–H groups in total. The molecule has 9 heteroatoms. The molecule has 6 nitrogen and oxygen atoms in total. The zero-order chi connectivity index (χ0) is 17.7. The number of sulfonamides is 1. The second-order valence-electron chi connectivity index (χ2n) is 6.75. The molecule has 0 saturated carbocycles. The Morgan fingerprint density at radius 2 is 1.88 bits per heavy atom. The normalized spacial score (nSPS) is 19.7. The summed E-state index contributed by atoms with van der Waals surface area (Å²) in [6.07, 6.45) is 5.46. The Balaban J connectivity index is 0.00000243. The molecule has 1 aromatic heterocycles. The molecule has 0 aromatic carbocycles. The summed E-state index contributed by atoms with van der Waals surface area (Å²) < 4.78 is 27.3. The molecule has 0 radical (unpaired) electrons. The van der Waals surface area contributed by atoms with Gasteiger partial charge in [0.25, 0.3) is 10.0 Å². The van der Waals surface area contributed by atoms with Crippen molar-refractivity contribution in [2.75, 3.05) is 32.7 Å². The van der Waals surface area contributed by atoms with Crippen molar-refractivity contribution in [3.8, 4) is 0 Å². The van der Waals surface area contributed by atoms with Crippen molar-refractivity contribution < 1.29 is 13.2 Å². The second kappa shape index (κ2) is 10.0. The summed E-state index contributed by atoms with van der Waals surface area (Å²) in [5.41, 5.74) is 0. The molecule has 3 heterocycles. The molecule has 0 spiro atoms. The lowest BCUT2D eigenvalue weighted by Crippen LogP contribution is -2.38. The number of amides is 1. The average Bonchev–Trinajstić information content (AvgIpc) is 3.13. The highest BCUT2D eigenvalue weighted by molar-refractivity contribution is 7.91. The van der Waals surface area contributed by atoms with Crippen molar-refractivity contribution >= 4 is 39.7 Å². The van der Waals surface area contributed by atoms with Gasteiger partial charge in [-0.1, -0.05) is 6.42 Å². The van der Waals surface area contributed by atoms with E-state index in [1.165, 1.54) is 11.3 Å². The van der Waals surface area contributed by atoms with Crippen molar-refractivity contribution in [3.63, 3.8) is 0 Å². The number of carbonyl (C=O) groups is 1. The highest BCUT2D eigenvalue weighted by Gasteiger charge is 2.27. The highest BCUT2D eigenvalue weighted by Crippen LogP contribution is 2.27. The first-order valence-corrected chi connectivity index (χ1v) is 11.4. The first kappa shape index (κ1) is 21.6. The van der Waals surface area contributed by atoms with Gasteiger partial charge in [-0.15, -0.1) is 23.7 Å². The van der Waals surface area contributed by atoms with Crippen LogP contribution in [0.3, 0.4) is 0 Å².